The third kappa shape index (κ3) is 4.68. The largest absolute Gasteiger partial charge is 0.497 e. The van der Waals surface area contributed by atoms with Gasteiger partial charge in [-0.1, -0.05) is 5.16 Å². The van der Waals surface area contributed by atoms with Gasteiger partial charge in [0.2, 0.25) is 5.91 Å². The van der Waals surface area contributed by atoms with E-state index in [1.807, 2.05) is 0 Å². The predicted molar refractivity (Wildman–Crippen MR) is 80.2 cm³/mol. The van der Waals surface area contributed by atoms with Crippen molar-refractivity contribution in [2.45, 2.75) is 19.4 Å². The normalized spacial score (nSPS) is 10.4. The molecule has 2 aromatic rings. The number of benzene rings is 1. The number of nitrogens with zero attached hydrogens (tertiary/aromatic N) is 2. The van der Waals surface area contributed by atoms with Crippen LogP contribution in [0.1, 0.15) is 17.3 Å². The monoisotopic (exact) mass is 321 g/mol. The maximum Gasteiger partial charge on any atom is 0.252 e. The number of aliphatic hydroxyl groups excluding tert-OH is 1. The molecule has 1 amide bonds. The Morgan fingerprint density at radius 2 is 2.17 bits per heavy atom. The van der Waals surface area contributed by atoms with Crippen LogP contribution in [0.4, 0.5) is 0 Å². The molecule has 1 heterocycles. The molecule has 0 atom stereocenters. The lowest BCUT2D eigenvalue weighted by Crippen LogP contribution is -2.27. The molecule has 124 valence electrons. The number of amides is 1. The highest BCUT2D eigenvalue weighted by Gasteiger charge is 2.11. The Balaban J connectivity index is 1.86. The Hall–Kier alpha value is -2.61. The molecule has 0 bridgehead atoms. The number of hydrogen-bond donors (Lipinski definition) is 2. The topological polar surface area (TPSA) is 107 Å². The Labute approximate surface area is 133 Å². The summed E-state index contributed by atoms with van der Waals surface area (Å²) >= 11 is 0. The maximum atomic E-state index is 12.0. The van der Waals surface area contributed by atoms with Crippen molar-refractivity contribution in [2.24, 2.45) is 0 Å². The van der Waals surface area contributed by atoms with Crippen LogP contribution in [0.15, 0.2) is 22.7 Å². The van der Waals surface area contributed by atoms with Crippen molar-refractivity contribution in [3.05, 3.63) is 35.5 Å². The lowest BCUT2D eigenvalue weighted by atomic mass is 10.1. The van der Waals surface area contributed by atoms with Crippen LogP contribution in [0.3, 0.4) is 0 Å². The molecule has 0 fully saturated rings. The second-order valence-electron chi connectivity index (χ2n) is 4.72. The second kappa shape index (κ2) is 8.14. The molecule has 2 rings (SSSR count). The molecule has 8 nitrogen and oxygen atoms in total. The number of carbonyl (C=O) groups is 1. The molecule has 1 aromatic carbocycles. The van der Waals surface area contributed by atoms with Crippen LogP contribution >= 0.6 is 0 Å². The average Bonchev–Trinajstić information content (AvgIpc) is 3.02. The first kappa shape index (κ1) is 16.8. The van der Waals surface area contributed by atoms with Gasteiger partial charge in [-0.15, -0.1) is 0 Å². The van der Waals surface area contributed by atoms with Gasteiger partial charge in [0.15, 0.2) is 5.82 Å². The average molecular weight is 321 g/mol. The number of carbonyl (C=O) groups excluding carboxylic acids is 1. The van der Waals surface area contributed by atoms with E-state index in [0.29, 0.717) is 30.3 Å². The molecular weight excluding hydrogens is 302 g/mol. The maximum absolute atomic E-state index is 12.0. The molecule has 0 spiro atoms. The van der Waals surface area contributed by atoms with Gasteiger partial charge in [0, 0.05) is 18.5 Å². The summed E-state index contributed by atoms with van der Waals surface area (Å²) in [4.78, 5) is 16.0. The fourth-order valence-corrected chi connectivity index (χ4v) is 2.03. The summed E-state index contributed by atoms with van der Waals surface area (Å²) in [6.07, 6.45) is 0.596. The van der Waals surface area contributed by atoms with Crippen LogP contribution < -0.4 is 14.8 Å². The summed E-state index contributed by atoms with van der Waals surface area (Å²) in [5.41, 5.74) is 0.742. The van der Waals surface area contributed by atoms with E-state index in [9.17, 15) is 4.79 Å². The fourth-order valence-electron chi connectivity index (χ4n) is 2.03. The SMILES string of the molecule is COc1ccc(OC)c(CC(=O)NCCc2noc(CO)n2)c1. The second-order valence-corrected chi connectivity index (χ2v) is 4.72. The molecule has 8 heteroatoms. The van der Waals surface area contributed by atoms with E-state index >= 15 is 0 Å². The zero-order chi connectivity index (χ0) is 16.7. The van der Waals surface area contributed by atoms with Crippen molar-refractivity contribution in [1.29, 1.82) is 0 Å². The van der Waals surface area contributed by atoms with Gasteiger partial charge in [-0.05, 0) is 18.2 Å². The van der Waals surface area contributed by atoms with Gasteiger partial charge in [0.25, 0.3) is 5.89 Å². The minimum absolute atomic E-state index is 0.151. The molecule has 0 aliphatic carbocycles. The summed E-state index contributed by atoms with van der Waals surface area (Å²) in [5.74, 6) is 1.74. The minimum Gasteiger partial charge on any atom is -0.497 e. The van der Waals surface area contributed by atoms with Gasteiger partial charge in [0.1, 0.15) is 18.1 Å². The standard InChI is InChI=1S/C15H19N3O5/c1-21-11-3-4-12(22-2)10(7-11)8-14(20)16-6-5-13-17-15(9-19)23-18-13/h3-4,7,19H,5-6,8-9H2,1-2H3,(H,16,20). The van der Waals surface area contributed by atoms with E-state index in [1.54, 1.807) is 32.4 Å². The molecule has 0 unspecified atom stereocenters. The van der Waals surface area contributed by atoms with Gasteiger partial charge < -0.3 is 24.4 Å². The Kier molecular flexibility index (Phi) is 5.93. The Morgan fingerprint density at radius 3 is 2.83 bits per heavy atom. The van der Waals surface area contributed by atoms with Crippen molar-refractivity contribution in [3.8, 4) is 11.5 Å². The number of nitrogens with one attached hydrogen (secondary N) is 1. The molecule has 2 N–H and O–H groups in total. The first-order valence-electron chi connectivity index (χ1n) is 7.06. The summed E-state index contributed by atoms with van der Waals surface area (Å²) in [6.45, 7) is 0.0739. The van der Waals surface area contributed by atoms with Crippen LogP contribution in [-0.2, 0) is 24.2 Å². The fraction of sp³-hybridized carbons (Fsp3) is 0.400. The van der Waals surface area contributed by atoms with Crippen molar-refractivity contribution < 1.29 is 23.9 Å². The van der Waals surface area contributed by atoms with Crippen LogP contribution in [0, 0.1) is 0 Å². The Bertz CT molecular complexity index is 656. The lowest BCUT2D eigenvalue weighted by Gasteiger charge is -2.10. The zero-order valence-electron chi connectivity index (χ0n) is 13.0. The van der Waals surface area contributed by atoms with E-state index in [0.717, 1.165) is 5.56 Å². The van der Waals surface area contributed by atoms with Crippen molar-refractivity contribution in [3.63, 3.8) is 0 Å². The van der Waals surface area contributed by atoms with E-state index in [-0.39, 0.29) is 24.8 Å². The number of aromatic nitrogens is 2. The highest BCUT2D eigenvalue weighted by Crippen LogP contribution is 2.24. The van der Waals surface area contributed by atoms with Gasteiger partial charge >= 0.3 is 0 Å². The first-order chi connectivity index (χ1) is 11.2. The van der Waals surface area contributed by atoms with E-state index in [4.69, 9.17) is 19.1 Å². The lowest BCUT2D eigenvalue weighted by molar-refractivity contribution is -0.120. The number of rotatable bonds is 8. The van der Waals surface area contributed by atoms with Crippen LogP contribution in [0.2, 0.25) is 0 Å². The number of hydrogen-bond acceptors (Lipinski definition) is 7. The number of ether oxygens (including phenoxy) is 2. The van der Waals surface area contributed by atoms with E-state index < -0.39 is 0 Å². The summed E-state index contributed by atoms with van der Waals surface area (Å²) < 4.78 is 15.2. The predicted octanol–water partition coefficient (Wildman–Crippen LogP) is 0.480. The summed E-state index contributed by atoms with van der Waals surface area (Å²) in [7, 11) is 3.12. The van der Waals surface area contributed by atoms with Crippen molar-refractivity contribution >= 4 is 5.91 Å². The molecule has 0 aliphatic rings. The summed E-state index contributed by atoms with van der Waals surface area (Å²) in [6, 6.07) is 5.30. The molecule has 23 heavy (non-hydrogen) atoms. The molecule has 0 saturated heterocycles. The van der Waals surface area contributed by atoms with Crippen LogP contribution in [-0.4, -0.2) is 41.9 Å². The molecule has 0 saturated carbocycles. The summed E-state index contributed by atoms with van der Waals surface area (Å²) in [5, 5.41) is 15.3. The van der Waals surface area contributed by atoms with Gasteiger partial charge in [-0.3, -0.25) is 4.79 Å². The number of methoxy groups -OCH3 is 2. The van der Waals surface area contributed by atoms with Crippen LogP contribution in [0.25, 0.3) is 0 Å². The minimum atomic E-state index is -0.297. The van der Waals surface area contributed by atoms with Gasteiger partial charge in [-0.2, -0.15) is 4.98 Å². The third-order valence-corrected chi connectivity index (χ3v) is 3.15. The van der Waals surface area contributed by atoms with Crippen molar-refractivity contribution in [2.75, 3.05) is 20.8 Å². The third-order valence-electron chi connectivity index (χ3n) is 3.15. The van der Waals surface area contributed by atoms with Crippen LogP contribution in [0.5, 0.6) is 11.5 Å². The van der Waals surface area contributed by atoms with Gasteiger partial charge in [0.05, 0.1) is 20.6 Å². The molecule has 0 aliphatic heterocycles. The molecule has 1 aromatic heterocycles. The molecular formula is C15H19N3O5. The van der Waals surface area contributed by atoms with Gasteiger partial charge in [-0.25, -0.2) is 0 Å². The molecule has 0 radical (unpaired) electrons. The first-order valence-corrected chi connectivity index (χ1v) is 7.06. The van der Waals surface area contributed by atoms with Crippen molar-refractivity contribution in [1.82, 2.24) is 15.5 Å². The Morgan fingerprint density at radius 1 is 1.35 bits per heavy atom. The highest BCUT2D eigenvalue weighted by atomic mass is 16.5. The quantitative estimate of drug-likeness (QED) is 0.728. The zero-order valence-corrected chi connectivity index (χ0v) is 13.0. The van der Waals surface area contributed by atoms with E-state index in [1.165, 1.54) is 0 Å². The highest BCUT2D eigenvalue weighted by molar-refractivity contribution is 5.79. The number of aliphatic hydroxyl groups is 1. The smallest absolute Gasteiger partial charge is 0.252 e. The van der Waals surface area contributed by atoms with E-state index in [2.05, 4.69) is 15.5 Å².